The zero-order chi connectivity index (χ0) is 23.2. The number of fused-ring (bicyclic) bond motifs is 2. The molecule has 0 heterocycles. The molecule has 32 heavy (non-hydrogen) atoms. The highest BCUT2D eigenvalue weighted by atomic mass is 16.5. The van der Waals surface area contributed by atoms with Crippen LogP contribution in [0.1, 0.15) is 49.9 Å². The van der Waals surface area contributed by atoms with Gasteiger partial charge in [0.05, 0.1) is 12.2 Å². The number of ether oxygens (including phenoxy) is 2. The Labute approximate surface area is 192 Å². The maximum atomic E-state index is 6.49. The monoisotopic (exact) mass is 426 g/mol. The first kappa shape index (κ1) is 22.2. The molecule has 0 aliphatic carbocycles. The summed E-state index contributed by atoms with van der Waals surface area (Å²) in [6, 6.07) is 17.8. The minimum absolute atomic E-state index is 0.0723. The highest BCUT2D eigenvalue weighted by Gasteiger charge is 2.23. The van der Waals surface area contributed by atoms with E-state index in [4.69, 9.17) is 9.47 Å². The Morgan fingerprint density at radius 3 is 1.25 bits per heavy atom. The number of rotatable bonds is 5. The van der Waals surface area contributed by atoms with Gasteiger partial charge >= 0.3 is 0 Å². The van der Waals surface area contributed by atoms with Gasteiger partial charge in [0.1, 0.15) is 11.5 Å². The van der Waals surface area contributed by atoms with Crippen LogP contribution in [0.15, 0.2) is 48.5 Å². The molecular formula is C30H34O2. The molecule has 0 amide bonds. The largest absolute Gasteiger partial charge is 0.490 e. The van der Waals surface area contributed by atoms with Crippen molar-refractivity contribution in [2.45, 2.75) is 67.6 Å². The van der Waals surface area contributed by atoms with Crippen LogP contribution in [-0.4, -0.2) is 12.2 Å². The fraction of sp³-hybridized carbons (Fsp3) is 0.333. The molecule has 4 rings (SSSR count). The third-order valence-electron chi connectivity index (χ3n) is 5.82. The Hall–Kier alpha value is -3.00. The normalized spacial score (nSPS) is 11.7. The predicted octanol–water partition coefficient (Wildman–Crippen LogP) is 8.47. The molecule has 4 aromatic carbocycles. The fourth-order valence-corrected chi connectivity index (χ4v) is 4.57. The van der Waals surface area contributed by atoms with Crippen LogP contribution in [0.25, 0.3) is 32.7 Å². The van der Waals surface area contributed by atoms with Crippen molar-refractivity contribution in [1.29, 1.82) is 0 Å². The number of aryl methyl sites for hydroxylation is 4. The topological polar surface area (TPSA) is 18.5 Å². The van der Waals surface area contributed by atoms with Crippen molar-refractivity contribution in [2.24, 2.45) is 0 Å². The van der Waals surface area contributed by atoms with E-state index in [0.29, 0.717) is 0 Å². The number of hydrogen-bond acceptors (Lipinski definition) is 2. The highest BCUT2D eigenvalue weighted by molar-refractivity contribution is 6.11. The lowest BCUT2D eigenvalue weighted by Crippen LogP contribution is -2.11. The van der Waals surface area contributed by atoms with E-state index in [1.165, 1.54) is 32.7 Å². The molecule has 2 nitrogen and oxygen atoms in total. The van der Waals surface area contributed by atoms with Crippen LogP contribution in [0.2, 0.25) is 0 Å². The summed E-state index contributed by atoms with van der Waals surface area (Å²) in [7, 11) is 0. The van der Waals surface area contributed by atoms with E-state index >= 15 is 0 Å². The number of hydrogen-bond donors (Lipinski definition) is 0. The van der Waals surface area contributed by atoms with Gasteiger partial charge in [-0.05, 0) is 100 Å². The van der Waals surface area contributed by atoms with Gasteiger partial charge in [-0.2, -0.15) is 0 Å². The van der Waals surface area contributed by atoms with Crippen molar-refractivity contribution >= 4 is 21.5 Å². The molecule has 2 heteroatoms. The SMILES string of the molecule is Cc1ccc2c(-c3c(OC(C)C)c(C)cc4cc(C)ccc34)c(OC(C)C)c(C)cc2c1. The molecule has 0 saturated carbocycles. The van der Waals surface area contributed by atoms with Gasteiger partial charge in [-0.15, -0.1) is 0 Å². The van der Waals surface area contributed by atoms with Crippen molar-refractivity contribution in [3.05, 3.63) is 70.8 Å². The molecule has 0 fully saturated rings. The van der Waals surface area contributed by atoms with Crippen molar-refractivity contribution in [2.75, 3.05) is 0 Å². The van der Waals surface area contributed by atoms with Crippen molar-refractivity contribution in [1.82, 2.24) is 0 Å². The van der Waals surface area contributed by atoms with E-state index < -0.39 is 0 Å². The van der Waals surface area contributed by atoms with E-state index in [1.54, 1.807) is 0 Å². The molecule has 0 spiro atoms. The molecule has 0 aromatic heterocycles. The summed E-state index contributed by atoms with van der Waals surface area (Å²) in [6.07, 6.45) is 0.145. The van der Waals surface area contributed by atoms with Gasteiger partial charge in [0.2, 0.25) is 0 Å². The van der Waals surface area contributed by atoms with E-state index in [9.17, 15) is 0 Å². The van der Waals surface area contributed by atoms with Gasteiger partial charge in [0.15, 0.2) is 0 Å². The Morgan fingerprint density at radius 1 is 0.531 bits per heavy atom. The molecule has 166 valence electrons. The van der Waals surface area contributed by atoms with Crippen LogP contribution in [-0.2, 0) is 0 Å². The molecule has 0 N–H and O–H groups in total. The Balaban J connectivity index is 2.23. The lowest BCUT2D eigenvalue weighted by atomic mass is 9.88. The molecule has 4 aromatic rings. The summed E-state index contributed by atoms with van der Waals surface area (Å²) in [5.41, 5.74) is 7.05. The molecule has 0 bridgehead atoms. The Kier molecular flexibility index (Phi) is 5.90. The van der Waals surface area contributed by atoms with Crippen molar-refractivity contribution in [3.63, 3.8) is 0 Å². The van der Waals surface area contributed by atoms with Gasteiger partial charge in [-0.1, -0.05) is 47.5 Å². The average Bonchev–Trinajstić information content (AvgIpc) is 2.69. The van der Waals surface area contributed by atoms with Crippen molar-refractivity contribution < 1.29 is 9.47 Å². The maximum Gasteiger partial charge on any atom is 0.131 e. The minimum Gasteiger partial charge on any atom is -0.490 e. The van der Waals surface area contributed by atoms with Crippen LogP contribution in [0, 0.1) is 27.7 Å². The third-order valence-corrected chi connectivity index (χ3v) is 5.82. The number of benzene rings is 4. The smallest absolute Gasteiger partial charge is 0.131 e. The molecule has 0 aliphatic heterocycles. The van der Waals surface area contributed by atoms with Crippen LogP contribution in [0.5, 0.6) is 11.5 Å². The highest BCUT2D eigenvalue weighted by Crippen LogP contribution is 2.48. The standard InChI is InChI=1S/C30H34O2/c1-17(2)31-29-21(7)15-23-13-19(5)9-11-25(23)27(29)28-26-12-10-20(6)14-24(26)16-22(8)30(28)32-18(3)4/h9-18H,1-8H3. The van der Waals surface area contributed by atoms with Crippen molar-refractivity contribution in [3.8, 4) is 22.6 Å². The third kappa shape index (κ3) is 4.07. The summed E-state index contributed by atoms with van der Waals surface area (Å²) in [4.78, 5) is 0. The van der Waals surface area contributed by atoms with E-state index in [-0.39, 0.29) is 12.2 Å². The van der Waals surface area contributed by atoms with Crippen LogP contribution >= 0.6 is 0 Å². The molecule has 0 saturated heterocycles. The average molecular weight is 427 g/mol. The van der Waals surface area contributed by atoms with Gasteiger partial charge in [-0.3, -0.25) is 0 Å². The molecule has 0 aliphatic rings. The lowest BCUT2D eigenvalue weighted by molar-refractivity contribution is 0.238. The quantitative estimate of drug-likeness (QED) is 0.318. The second kappa shape index (κ2) is 8.50. The Morgan fingerprint density at radius 2 is 0.906 bits per heavy atom. The predicted molar refractivity (Wildman–Crippen MR) is 137 cm³/mol. The van der Waals surface area contributed by atoms with Crippen LogP contribution in [0.3, 0.4) is 0 Å². The second-order valence-electron chi connectivity index (χ2n) is 9.58. The molecule has 0 unspecified atom stereocenters. The van der Waals surface area contributed by atoms with Gasteiger partial charge in [0.25, 0.3) is 0 Å². The summed E-state index contributed by atoms with van der Waals surface area (Å²) < 4.78 is 13.0. The second-order valence-corrected chi connectivity index (χ2v) is 9.58. The molecular weight excluding hydrogens is 392 g/mol. The van der Waals surface area contributed by atoms with Crippen LogP contribution in [0.4, 0.5) is 0 Å². The van der Waals surface area contributed by atoms with E-state index in [1.807, 2.05) is 0 Å². The van der Waals surface area contributed by atoms with E-state index in [0.717, 1.165) is 33.8 Å². The summed E-state index contributed by atoms with van der Waals surface area (Å²) in [5, 5.41) is 4.84. The summed E-state index contributed by atoms with van der Waals surface area (Å²) >= 11 is 0. The van der Waals surface area contributed by atoms with Crippen LogP contribution < -0.4 is 9.47 Å². The minimum atomic E-state index is 0.0723. The van der Waals surface area contributed by atoms with Gasteiger partial charge < -0.3 is 9.47 Å². The Bertz CT molecular complexity index is 1210. The van der Waals surface area contributed by atoms with Gasteiger partial charge in [-0.25, -0.2) is 0 Å². The fourth-order valence-electron chi connectivity index (χ4n) is 4.57. The zero-order valence-corrected chi connectivity index (χ0v) is 20.6. The zero-order valence-electron chi connectivity index (χ0n) is 20.6. The van der Waals surface area contributed by atoms with Gasteiger partial charge in [0, 0.05) is 11.1 Å². The molecule has 0 radical (unpaired) electrons. The maximum absolute atomic E-state index is 6.49. The summed E-state index contributed by atoms with van der Waals surface area (Å²) in [6.45, 7) is 16.9. The summed E-state index contributed by atoms with van der Waals surface area (Å²) in [5.74, 6) is 1.88. The first-order valence-corrected chi connectivity index (χ1v) is 11.6. The molecule has 0 atom stereocenters. The lowest BCUT2D eigenvalue weighted by Gasteiger charge is -2.24. The van der Waals surface area contributed by atoms with E-state index in [2.05, 4.69) is 104 Å². The first-order valence-electron chi connectivity index (χ1n) is 11.6. The first-order chi connectivity index (χ1) is 15.2.